The molecule has 0 saturated heterocycles. The maximum absolute atomic E-state index is 12.5. The fraction of sp³-hybridized carbons (Fsp3) is 0.500. The number of nitrogens with zero attached hydrogens (tertiary/aromatic N) is 3. The molecule has 2 aromatic rings. The van der Waals surface area contributed by atoms with E-state index in [0.717, 1.165) is 36.3 Å². The average molecular weight is 344 g/mol. The fourth-order valence-electron chi connectivity index (χ4n) is 3.38. The molecular formula is C18H24N4O3. The van der Waals surface area contributed by atoms with Gasteiger partial charge < -0.3 is 19.5 Å². The molecular weight excluding hydrogens is 320 g/mol. The Labute approximate surface area is 146 Å². The molecule has 7 heteroatoms. The lowest BCUT2D eigenvalue weighted by Gasteiger charge is -2.28. The fourth-order valence-corrected chi connectivity index (χ4v) is 3.38. The van der Waals surface area contributed by atoms with Crippen LogP contribution >= 0.6 is 0 Å². The minimum atomic E-state index is -0.229. The first kappa shape index (κ1) is 17.3. The van der Waals surface area contributed by atoms with Gasteiger partial charge in [0.15, 0.2) is 5.76 Å². The van der Waals surface area contributed by atoms with Crippen LogP contribution in [0.4, 0.5) is 0 Å². The third kappa shape index (κ3) is 3.60. The van der Waals surface area contributed by atoms with Crippen molar-refractivity contribution in [2.75, 3.05) is 6.54 Å². The number of hydrogen-bond acceptors (Lipinski definition) is 5. The van der Waals surface area contributed by atoms with Crippen LogP contribution in [0.1, 0.15) is 54.1 Å². The van der Waals surface area contributed by atoms with Gasteiger partial charge in [0.2, 0.25) is 0 Å². The lowest BCUT2D eigenvalue weighted by Crippen LogP contribution is -2.27. The summed E-state index contributed by atoms with van der Waals surface area (Å²) in [7, 11) is 0. The molecule has 2 heterocycles. The number of aryl methyl sites for hydroxylation is 1. The lowest BCUT2D eigenvalue weighted by atomic mass is 9.75. The lowest BCUT2D eigenvalue weighted by molar-refractivity contribution is 0.0921. The van der Waals surface area contributed by atoms with E-state index in [9.17, 15) is 10.0 Å². The van der Waals surface area contributed by atoms with Gasteiger partial charge in [-0.2, -0.15) is 0 Å². The van der Waals surface area contributed by atoms with Crippen molar-refractivity contribution >= 4 is 11.6 Å². The zero-order chi connectivity index (χ0) is 18.0. The molecule has 134 valence electrons. The van der Waals surface area contributed by atoms with E-state index in [-0.39, 0.29) is 11.3 Å². The number of oxime groups is 1. The highest BCUT2D eigenvalue weighted by Crippen LogP contribution is 2.38. The normalized spacial score (nSPS) is 17.5. The van der Waals surface area contributed by atoms with Gasteiger partial charge in [0, 0.05) is 43.0 Å². The standard InChI is InChI=1S/C18H24N4O3/c1-12-15-13(21-24)9-18(2,3)10-14(15)25-16(12)17(23)20-5-4-7-22-8-6-19-11-22/h6,8,11,24H,4-5,7,9-10H2,1-3H3,(H,20,23). The minimum Gasteiger partial charge on any atom is -0.455 e. The number of rotatable bonds is 5. The SMILES string of the molecule is Cc1c(C(=O)NCCCn2ccnc2)oc2c1C(=NO)CC(C)(C)C2. The molecule has 1 amide bonds. The van der Waals surface area contributed by atoms with Crippen LogP contribution in [0, 0.1) is 12.3 Å². The molecule has 1 aliphatic carbocycles. The Bertz CT molecular complexity index is 788. The summed E-state index contributed by atoms with van der Waals surface area (Å²) in [6.45, 7) is 7.37. The first-order valence-electron chi connectivity index (χ1n) is 8.49. The summed E-state index contributed by atoms with van der Waals surface area (Å²) in [4.78, 5) is 16.5. The topological polar surface area (TPSA) is 92.7 Å². The summed E-state index contributed by atoms with van der Waals surface area (Å²) in [5, 5.41) is 15.7. The first-order chi connectivity index (χ1) is 11.9. The third-order valence-corrected chi connectivity index (χ3v) is 4.56. The monoisotopic (exact) mass is 344 g/mol. The van der Waals surface area contributed by atoms with E-state index in [1.54, 1.807) is 12.5 Å². The van der Waals surface area contributed by atoms with Crippen LogP contribution in [0.15, 0.2) is 28.3 Å². The Kier molecular flexibility index (Phi) is 4.65. The Morgan fingerprint density at radius 3 is 2.96 bits per heavy atom. The maximum atomic E-state index is 12.5. The highest BCUT2D eigenvalue weighted by molar-refractivity contribution is 6.06. The molecule has 0 fully saturated rings. The van der Waals surface area contributed by atoms with Crippen molar-refractivity contribution in [1.82, 2.24) is 14.9 Å². The van der Waals surface area contributed by atoms with E-state index < -0.39 is 0 Å². The summed E-state index contributed by atoms with van der Waals surface area (Å²) < 4.78 is 7.82. The Balaban J connectivity index is 1.68. The van der Waals surface area contributed by atoms with E-state index in [2.05, 4.69) is 29.3 Å². The van der Waals surface area contributed by atoms with Crippen LogP contribution in [-0.4, -0.2) is 32.9 Å². The molecule has 0 atom stereocenters. The quantitative estimate of drug-likeness (QED) is 0.495. The molecule has 25 heavy (non-hydrogen) atoms. The van der Waals surface area contributed by atoms with Crippen LogP contribution in [0.2, 0.25) is 0 Å². The number of carbonyl (C=O) groups is 1. The second-order valence-corrected chi connectivity index (χ2v) is 7.33. The van der Waals surface area contributed by atoms with Crippen molar-refractivity contribution in [2.45, 2.75) is 46.6 Å². The smallest absolute Gasteiger partial charge is 0.287 e. The van der Waals surface area contributed by atoms with Crippen molar-refractivity contribution in [2.24, 2.45) is 10.6 Å². The van der Waals surface area contributed by atoms with Crippen LogP contribution < -0.4 is 5.32 Å². The number of carbonyl (C=O) groups excluding carboxylic acids is 1. The number of aromatic nitrogens is 2. The van der Waals surface area contributed by atoms with Crippen molar-refractivity contribution in [3.63, 3.8) is 0 Å². The minimum absolute atomic E-state index is 0.0581. The number of nitrogens with one attached hydrogen (secondary N) is 1. The summed E-state index contributed by atoms with van der Waals surface area (Å²) in [6.07, 6.45) is 7.56. The highest BCUT2D eigenvalue weighted by atomic mass is 16.4. The Morgan fingerprint density at radius 1 is 1.48 bits per heavy atom. The molecule has 3 rings (SSSR count). The van der Waals surface area contributed by atoms with Gasteiger partial charge in [0.1, 0.15) is 5.76 Å². The number of imidazole rings is 1. The molecule has 0 saturated carbocycles. The Hall–Kier alpha value is -2.57. The van der Waals surface area contributed by atoms with Crippen molar-refractivity contribution < 1.29 is 14.4 Å². The number of furan rings is 1. The van der Waals surface area contributed by atoms with E-state index in [0.29, 0.717) is 24.4 Å². The second kappa shape index (κ2) is 6.74. The molecule has 0 aromatic carbocycles. The predicted molar refractivity (Wildman–Crippen MR) is 93.0 cm³/mol. The second-order valence-electron chi connectivity index (χ2n) is 7.33. The predicted octanol–water partition coefficient (Wildman–Crippen LogP) is 2.76. The third-order valence-electron chi connectivity index (χ3n) is 4.56. The largest absolute Gasteiger partial charge is 0.455 e. The molecule has 0 radical (unpaired) electrons. The molecule has 0 unspecified atom stereocenters. The number of hydrogen-bond donors (Lipinski definition) is 2. The number of amides is 1. The first-order valence-corrected chi connectivity index (χ1v) is 8.49. The zero-order valence-corrected chi connectivity index (χ0v) is 14.9. The molecule has 0 spiro atoms. The van der Waals surface area contributed by atoms with Gasteiger partial charge in [-0.15, -0.1) is 0 Å². The van der Waals surface area contributed by atoms with E-state index in [1.165, 1.54) is 0 Å². The molecule has 7 nitrogen and oxygen atoms in total. The van der Waals surface area contributed by atoms with Gasteiger partial charge in [-0.3, -0.25) is 4.79 Å². The summed E-state index contributed by atoms with van der Waals surface area (Å²) >= 11 is 0. The molecule has 0 bridgehead atoms. The van der Waals surface area contributed by atoms with Gasteiger partial charge >= 0.3 is 0 Å². The average Bonchev–Trinajstić information content (AvgIpc) is 3.18. The van der Waals surface area contributed by atoms with E-state index in [4.69, 9.17) is 4.42 Å². The highest BCUT2D eigenvalue weighted by Gasteiger charge is 2.36. The van der Waals surface area contributed by atoms with Crippen molar-refractivity contribution in [3.8, 4) is 0 Å². The van der Waals surface area contributed by atoms with Crippen LogP contribution in [0.3, 0.4) is 0 Å². The van der Waals surface area contributed by atoms with Gasteiger partial charge in [0.25, 0.3) is 5.91 Å². The summed E-state index contributed by atoms with van der Waals surface area (Å²) in [5.41, 5.74) is 2.06. The maximum Gasteiger partial charge on any atom is 0.287 e. The summed E-state index contributed by atoms with van der Waals surface area (Å²) in [6, 6.07) is 0. The van der Waals surface area contributed by atoms with E-state index in [1.807, 2.05) is 17.7 Å². The van der Waals surface area contributed by atoms with Crippen LogP contribution in [0.25, 0.3) is 0 Å². The van der Waals surface area contributed by atoms with Gasteiger partial charge in [-0.25, -0.2) is 4.98 Å². The molecule has 0 aliphatic heterocycles. The Morgan fingerprint density at radius 2 is 2.28 bits per heavy atom. The van der Waals surface area contributed by atoms with Crippen molar-refractivity contribution in [3.05, 3.63) is 41.4 Å². The van der Waals surface area contributed by atoms with Crippen molar-refractivity contribution in [1.29, 1.82) is 0 Å². The summed E-state index contributed by atoms with van der Waals surface area (Å²) in [5.74, 6) is 0.809. The number of fused-ring (bicyclic) bond motifs is 1. The van der Waals surface area contributed by atoms with Gasteiger partial charge in [0.05, 0.1) is 12.0 Å². The molecule has 1 aliphatic rings. The van der Waals surface area contributed by atoms with E-state index >= 15 is 0 Å². The van der Waals surface area contributed by atoms with Gasteiger partial charge in [-0.05, 0) is 25.2 Å². The zero-order valence-electron chi connectivity index (χ0n) is 14.9. The van der Waals surface area contributed by atoms with Crippen LogP contribution in [-0.2, 0) is 13.0 Å². The molecule has 2 N–H and O–H groups in total. The van der Waals surface area contributed by atoms with Crippen LogP contribution in [0.5, 0.6) is 0 Å². The van der Waals surface area contributed by atoms with Gasteiger partial charge in [-0.1, -0.05) is 19.0 Å². The molecule has 2 aromatic heterocycles.